The van der Waals surface area contributed by atoms with Crippen LogP contribution in [0.5, 0.6) is 0 Å². The van der Waals surface area contributed by atoms with Crippen LogP contribution in [0, 0.1) is 5.92 Å². The van der Waals surface area contributed by atoms with Crippen LogP contribution >= 0.6 is 0 Å². The minimum atomic E-state index is -0.987. The Hall–Kier alpha value is -1.26. The predicted molar refractivity (Wildman–Crippen MR) is 64.8 cm³/mol. The standard InChI is InChI=1S/C12H22N2O3/c1-3-9(11(15)16)13-12(17)14-10-7-5-4-6-8(10)2/h8-10H,3-7H2,1-2H3,(H,15,16)(H2,13,14,17)/t8?,9-,10?/m0/s1. The Bertz CT molecular complexity index is 281. The van der Waals surface area contributed by atoms with E-state index >= 15 is 0 Å². The number of nitrogens with one attached hydrogen (secondary N) is 2. The lowest BCUT2D eigenvalue weighted by Gasteiger charge is -2.29. The number of carboxylic acids is 1. The second-order valence-corrected chi connectivity index (χ2v) is 4.79. The molecule has 2 unspecified atom stereocenters. The number of amides is 2. The van der Waals surface area contributed by atoms with Crippen molar-refractivity contribution in [3.8, 4) is 0 Å². The van der Waals surface area contributed by atoms with Crippen molar-refractivity contribution < 1.29 is 14.7 Å². The van der Waals surface area contributed by atoms with E-state index < -0.39 is 12.0 Å². The summed E-state index contributed by atoms with van der Waals surface area (Å²) in [4.78, 5) is 22.4. The van der Waals surface area contributed by atoms with Gasteiger partial charge in [-0.1, -0.05) is 26.7 Å². The highest BCUT2D eigenvalue weighted by Gasteiger charge is 2.24. The first-order valence-corrected chi connectivity index (χ1v) is 6.34. The summed E-state index contributed by atoms with van der Waals surface area (Å²) in [6.07, 6.45) is 4.85. The number of carbonyl (C=O) groups is 2. The number of carboxylic acid groups (broad SMARTS) is 1. The molecule has 98 valence electrons. The van der Waals surface area contributed by atoms with Crippen molar-refractivity contribution in [2.24, 2.45) is 5.92 Å². The molecule has 0 aromatic rings. The highest BCUT2D eigenvalue weighted by atomic mass is 16.4. The molecule has 1 rings (SSSR count). The van der Waals surface area contributed by atoms with E-state index in [-0.39, 0.29) is 12.1 Å². The maximum atomic E-state index is 11.6. The molecule has 0 radical (unpaired) electrons. The zero-order valence-electron chi connectivity index (χ0n) is 10.5. The summed E-state index contributed by atoms with van der Waals surface area (Å²) in [5.74, 6) is -0.515. The molecule has 0 spiro atoms. The Morgan fingerprint density at radius 1 is 1.35 bits per heavy atom. The molecule has 17 heavy (non-hydrogen) atoms. The first kappa shape index (κ1) is 13.8. The molecular weight excluding hydrogens is 220 g/mol. The van der Waals surface area contributed by atoms with E-state index in [1.165, 1.54) is 6.42 Å². The number of urea groups is 1. The van der Waals surface area contributed by atoms with Gasteiger partial charge in [-0.3, -0.25) is 0 Å². The molecule has 5 nitrogen and oxygen atoms in total. The summed E-state index contributed by atoms with van der Waals surface area (Å²) in [6.45, 7) is 3.86. The van der Waals surface area contributed by atoms with E-state index in [0.29, 0.717) is 12.3 Å². The maximum Gasteiger partial charge on any atom is 0.326 e. The van der Waals surface area contributed by atoms with Gasteiger partial charge in [-0.2, -0.15) is 0 Å². The molecule has 1 aliphatic rings. The Kier molecular flexibility index (Phi) is 5.25. The third-order valence-electron chi connectivity index (χ3n) is 3.44. The summed E-state index contributed by atoms with van der Waals surface area (Å²) in [5, 5.41) is 14.2. The minimum Gasteiger partial charge on any atom is -0.480 e. The summed E-state index contributed by atoms with van der Waals surface area (Å²) < 4.78 is 0. The second kappa shape index (κ2) is 6.47. The van der Waals surface area contributed by atoms with Crippen LogP contribution in [0.15, 0.2) is 0 Å². The molecule has 0 aliphatic heterocycles. The quantitative estimate of drug-likeness (QED) is 0.702. The summed E-state index contributed by atoms with van der Waals surface area (Å²) in [6, 6.07) is -0.984. The van der Waals surface area contributed by atoms with Crippen molar-refractivity contribution >= 4 is 12.0 Å². The van der Waals surface area contributed by atoms with Crippen LogP contribution in [0.1, 0.15) is 46.0 Å². The average Bonchev–Trinajstić information content (AvgIpc) is 2.28. The molecule has 5 heteroatoms. The third kappa shape index (κ3) is 4.24. The van der Waals surface area contributed by atoms with Crippen molar-refractivity contribution in [2.75, 3.05) is 0 Å². The number of carbonyl (C=O) groups excluding carboxylic acids is 1. The van der Waals surface area contributed by atoms with Gasteiger partial charge in [0.15, 0.2) is 0 Å². The average molecular weight is 242 g/mol. The van der Waals surface area contributed by atoms with Crippen molar-refractivity contribution in [1.29, 1.82) is 0 Å². The van der Waals surface area contributed by atoms with Gasteiger partial charge in [-0.25, -0.2) is 9.59 Å². The molecule has 2 amide bonds. The fourth-order valence-corrected chi connectivity index (χ4v) is 2.24. The predicted octanol–water partition coefficient (Wildman–Crippen LogP) is 1.73. The van der Waals surface area contributed by atoms with Crippen molar-refractivity contribution in [2.45, 2.75) is 58.0 Å². The van der Waals surface area contributed by atoms with Gasteiger partial charge in [0.05, 0.1) is 0 Å². The number of hydrogen-bond donors (Lipinski definition) is 3. The van der Waals surface area contributed by atoms with Gasteiger partial charge in [0, 0.05) is 6.04 Å². The first-order valence-electron chi connectivity index (χ1n) is 6.34. The van der Waals surface area contributed by atoms with Crippen LogP contribution in [0.25, 0.3) is 0 Å². The fraction of sp³-hybridized carbons (Fsp3) is 0.833. The van der Waals surface area contributed by atoms with E-state index in [1.54, 1.807) is 6.92 Å². The monoisotopic (exact) mass is 242 g/mol. The third-order valence-corrected chi connectivity index (χ3v) is 3.44. The molecule has 0 aromatic heterocycles. The molecule has 1 saturated carbocycles. The zero-order valence-corrected chi connectivity index (χ0v) is 10.5. The summed E-state index contributed by atoms with van der Waals surface area (Å²) in [7, 11) is 0. The van der Waals surface area contributed by atoms with Gasteiger partial charge in [0.2, 0.25) is 0 Å². The smallest absolute Gasteiger partial charge is 0.326 e. The highest BCUT2D eigenvalue weighted by Crippen LogP contribution is 2.23. The van der Waals surface area contributed by atoms with E-state index in [0.717, 1.165) is 19.3 Å². The van der Waals surface area contributed by atoms with E-state index in [2.05, 4.69) is 17.6 Å². The van der Waals surface area contributed by atoms with Gasteiger partial charge in [0.1, 0.15) is 6.04 Å². The molecule has 3 N–H and O–H groups in total. The van der Waals surface area contributed by atoms with E-state index in [4.69, 9.17) is 5.11 Å². The van der Waals surface area contributed by atoms with Gasteiger partial charge in [-0.05, 0) is 25.2 Å². The highest BCUT2D eigenvalue weighted by molar-refractivity contribution is 5.82. The molecule has 1 fully saturated rings. The minimum absolute atomic E-state index is 0.176. The Morgan fingerprint density at radius 2 is 2.00 bits per heavy atom. The zero-order chi connectivity index (χ0) is 12.8. The Balaban J connectivity index is 2.40. The van der Waals surface area contributed by atoms with Crippen LogP contribution in [-0.4, -0.2) is 29.2 Å². The molecule has 0 saturated heterocycles. The largest absolute Gasteiger partial charge is 0.480 e. The number of aliphatic carboxylic acids is 1. The van der Waals surface area contributed by atoms with Gasteiger partial charge in [-0.15, -0.1) is 0 Å². The maximum absolute atomic E-state index is 11.6. The normalized spacial score (nSPS) is 26.0. The van der Waals surface area contributed by atoms with Gasteiger partial charge < -0.3 is 15.7 Å². The first-order chi connectivity index (χ1) is 8.04. The van der Waals surface area contributed by atoms with Crippen LogP contribution < -0.4 is 10.6 Å². The van der Waals surface area contributed by atoms with Crippen molar-refractivity contribution in [3.63, 3.8) is 0 Å². The lowest BCUT2D eigenvalue weighted by Crippen LogP contribution is -2.50. The lowest BCUT2D eigenvalue weighted by molar-refractivity contribution is -0.139. The van der Waals surface area contributed by atoms with E-state index in [9.17, 15) is 9.59 Å². The Morgan fingerprint density at radius 3 is 2.53 bits per heavy atom. The molecule has 1 aliphatic carbocycles. The van der Waals surface area contributed by atoms with Crippen LogP contribution in [0.2, 0.25) is 0 Å². The number of hydrogen-bond acceptors (Lipinski definition) is 2. The molecule has 0 bridgehead atoms. The van der Waals surface area contributed by atoms with Crippen LogP contribution in [0.4, 0.5) is 4.79 Å². The topological polar surface area (TPSA) is 78.4 Å². The number of rotatable bonds is 4. The van der Waals surface area contributed by atoms with Crippen molar-refractivity contribution in [3.05, 3.63) is 0 Å². The lowest BCUT2D eigenvalue weighted by atomic mass is 9.86. The van der Waals surface area contributed by atoms with Crippen LogP contribution in [0.3, 0.4) is 0 Å². The molecule has 0 aromatic carbocycles. The summed E-state index contributed by atoms with van der Waals surface area (Å²) >= 11 is 0. The SMILES string of the molecule is CC[C@H](NC(=O)NC1CCCCC1C)C(=O)O. The summed E-state index contributed by atoms with van der Waals surface area (Å²) in [5.41, 5.74) is 0. The molecule has 0 heterocycles. The molecule has 3 atom stereocenters. The van der Waals surface area contributed by atoms with Gasteiger partial charge >= 0.3 is 12.0 Å². The van der Waals surface area contributed by atoms with Crippen LogP contribution in [-0.2, 0) is 4.79 Å². The fourth-order valence-electron chi connectivity index (χ4n) is 2.24. The second-order valence-electron chi connectivity index (χ2n) is 4.79. The van der Waals surface area contributed by atoms with E-state index in [1.807, 2.05) is 0 Å². The van der Waals surface area contributed by atoms with Crippen molar-refractivity contribution in [1.82, 2.24) is 10.6 Å². The van der Waals surface area contributed by atoms with Gasteiger partial charge in [0.25, 0.3) is 0 Å². The Labute approximate surface area is 102 Å². The molecular formula is C12H22N2O3.